The Bertz CT molecular complexity index is 907. The molecule has 0 aliphatic carbocycles. The molecule has 1 amide bonds. The van der Waals surface area contributed by atoms with Gasteiger partial charge in [-0.2, -0.15) is 0 Å². The lowest BCUT2D eigenvalue weighted by molar-refractivity contribution is -0.384. The molecule has 9 nitrogen and oxygen atoms in total. The van der Waals surface area contributed by atoms with Gasteiger partial charge in [0.2, 0.25) is 0 Å². The number of esters is 1. The van der Waals surface area contributed by atoms with Crippen molar-refractivity contribution in [2.24, 2.45) is 0 Å². The molecule has 3 rings (SSSR count). The average molecular weight is 399 g/mol. The van der Waals surface area contributed by atoms with Gasteiger partial charge >= 0.3 is 5.97 Å². The number of nitro benzene ring substituents is 1. The summed E-state index contributed by atoms with van der Waals surface area (Å²) in [5.41, 5.74) is 1.97. The number of morpholine rings is 1. The number of rotatable bonds is 6. The fourth-order valence-corrected chi connectivity index (χ4v) is 2.92. The van der Waals surface area contributed by atoms with Crippen molar-refractivity contribution >= 4 is 28.9 Å². The molecule has 0 saturated carbocycles. The van der Waals surface area contributed by atoms with Gasteiger partial charge in [0.1, 0.15) is 0 Å². The van der Waals surface area contributed by atoms with Crippen LogP contribution in [-0.4, -0.2) is 49.7 Å². The summed E-state index contributed by atoms with van der Waals surface area (Å²) in [4.78, 5) is 37.1. The molecule has 0 radical (unpaired) electrons. The van der Waals surface area contributed by atoms with Crippen LogP contribution in [0.25, 0.3) is 0 Å². The molecule has 1 heterocycles. The van der Waals surface area contributed by atoms with Crippen LogP contribution in [0.4, 0.5) is 17.1 Å². The molecule has 1 aliphatic rings. The Morgan fingerprint density at radius 2 is 1.86 bits per heavy atom. The number of aryl methyl sites for hydroxylation is 1. The second-order valence-corrected chi connectivity index (χ2v) is 6.55. The smallest absolute Gasteiger partial charge is 0.341 e. The van der Waals surface area contributed by atoms with Crippen LogP contribution in [0, 0.1) is 17.0 Å². The lowest BCUT2D eigenvalue weighted by Crippen LogP contribution is -2.37. The van der Waals surface area contributed by atoms with Crippen molar-refractivity contribution in [3.63, 3.8) is 0 Å². The number of anilines is 2. The van der Waals surface area contributed by atoms with Gasteiger partial charge in [-0.1, -0.05) is 17.7 Å². The fourth-order valence-electron chi connectivity index (χ4n) is 2.92. The number of carbonyl (C=O) groups excluding carboxylic acids is 2. The van der Waals surface area contributed by atoms with Crippen molar-refractivity contribution in [1.29, 1.82) is 0 Å². The second-order valence-electron chi connectivity index (χ2n) is 6.55. The molecular weight excluding hydrogens is 378 g/mol. The van der Waals surface area contributed by atoms with Crippen molar-refractivity contribution in [2.75, 3.05) is 43.1 Å². The lowest BCUT2D eigenvalue weighted by Gasteiger charge is -2.30. The predicted octanol–water partition coefficient (Wildman–Crippen LogP) is 2.54. The Morgan fingerprint density at radius 3 is 2.52 bits per heavy atom. The number of carbonyl (C=O) groups is 2. The minimum atomic E-state index is -0.797. The Hall–Kier alpha value is -3.46. The van der Waals surface area contributed by atoms with Gasteiger partial charge in [-0.25, -0.2) is 4.79 Å². The van der Waals surface area contributed by atoms with Crippen LogP contribution < -0.4 is 10.2 Å². The van der Waals surface area contributed by atoms with Gasteiger partial charge in [-0.05, 0) is 25.1 Å². The average Bonchev–Trinajstić information content (AvgIpc) is 2.74. The maximum absolute atomic E-state index is 12.6. The van der Waals surface area contributed by atoms with Gasteiger partial charge in [0.25, 0.3) is 11.6 Å². The van der Waals surface area contributed by atoms with Crippen molar-refractivity contribution in [1.82, 2.24) is 0 Å². The second kappa shape index (κ2) is 9.16. The van der Waals surface area contributed by atoms with E-state index in [9.17, 15) is 19.7 Å². The molecule has 9 heteroatoms. The van der Waals surface area contributed by atoms with Crippen LogP contribution in [0.5, 0.6) is 0 Å². The summed E-state index contributed by atoms with van der Waals surface area (Å²) in [5, 5.41) is 13.7. The monoisotopic (exact) mass is 399 g/mol. The number of nitrogens with one attached hydrogen (secondary N) is 1. The third kappa shape index (κ3) is 5.29. The molecule has 152 valence electrons. The van der Waals surface area contributed by atoms with Gasteiger partial charge in [0, 0.05) is 30.9 Å². The quantitative estimate of drug-likeness (QED) is 0.451. The summed E-state index contributed by atoms with van der Waals surface area (Å²) in [6.45, 7) is 3.50. The molecule has 0 bridgehead atoms. The summed E-state index contributed by atoms with van der Waals surface area (Å²) in [6, 6.07) is 11.2. The van der Waals surface area contributed by atoms with Crippen LogP contribution in [-0.2, 0) is 14.3 Å². The number of hydrogen-bond donors (Lipinski definition) is 1. The van der Waals surface area contributed by atoms with Gasteiger partial charge in [0.05, 0.1) is 29.4 Å². The minimum absolute atomic E-state index is 0.0456. The number of amides is 1. The highest BCUT2D eigenvalue weighted by atomic mass is 16.6. The number of ether oxygens (including phenoxy) is 2. The first-order valence-corrected chi connectivity index (χ1v) is 9.09. The molecule has 1 saturated heterocycles. The summed E-state index contributed by atoms with van der Waals surface area (Å²) in [6.07, 6.45) is 0. The topological polar surface area (TPSA) is 111 Å². The normalized spacial score (nSPS) is 13.6. The van der Waals surface area contributed by atoms with Crippen molar-refractivity contribution in [3.8, 4) is 0 Å². The van der Waals surface area contributed by atoms with E-state index in [2.05, 4.69) is 5.32 Å². The largest absolute Gasteiger partial charge is 0.452 e. The fraction of sp³-hybridized carbons (Fsp3) is 0.300. The highest BCUT2D eigenvalue weighted by Crippen LogP contribution is 2.27. The van der Waals surface area contributed by atoms with E-state index in [1.807, 2.05) is 24.0 Å². The van der Waals surface area contributed by atoms with E-state index >= 15 is 0 Å². The molecule has 1 fully saturated rings. The van der Waals surface area contributed by atoms with Gasteiger partial charge in [-0.15, -0.1) is 0 Å². The number of benzene rings is 2. The highest BCUT2D eigenvalue weighted by molar-refractivity contribution is 5.99. The number of hydrogen-bond acceptors (Lipinski definition) is 7. The lowest BCUT2D eigenvalue weighted by atomic mass is 10.1. The molecule has 0 atom stereocenters. The Labute approximate surface area is 167 Å². The van der Waals surface area contributed by atoms with E-state index in [-0.39, 0.29) is 11.3 Å². The number of nitrogens with zero attached hydrogens (tertiary/aromatic N) is 2. The van der Waals surface area contributed by atoms with E-state index in [4.69, 9.17) is 9.47 Å². The Morgan fingerprint density at radius 1 is 1.17 bits per heavy atom. The van der Waals surface area contributed by atoms with Crippen LogP contribution >= 0.6 is 0 Å². The van der Waals surface area contributed by atoms with Gasteiger partial charge < -0.3 is 19.7 Å². The molecule has 29 heavy (non-hydrogen) atoms. The first-order valence-electron chi connectivity index (χ1n) is 9.09. The summed E-state index contributed by atoms with van der Waals surface area (Å²) < 4.78 is 10.4. The zero-order chi connectivity index (χ0) is 20.8. The maximum atomic E-state index is 12.6. The van der Waals surface area contributed by atoms with Crippen LogP contribution in [0.1, 0.15) is 15.9 Å². The standard InChI is InChI=1S/C20H21N3O6/c1-14-2-4-15(5-3-14)21-19(24)13-29-20(25)17-12-16(23(26)27)6-7-18(17)22-8-10-28-11-9-22/h2-7,12H,8-11,13H2,1H3,(H,21,24). The zero-order valence-electron chi connectivity index (χ0n) is 15.9. The van der Waals surface area contributed by atoms with Crippen LogP contribution in [0.3, 0.4) is 0 Å². The molecule has 1 N–H and O–H groups in total. The Kier molecular flexibility index (Phi) is 6.40. The SMILES string of the molecule is Cc1ccc(NC(=O)COC(=O)c2cc([N+](=O)[O-])ccc2N2CCOCC2)cc1. The van der Waals surface area contributed by atoms with Crippen LogP contribution in [0.15, 0.2) is 42.5 Å². The van der Waals surface area contributed by atoms with Crippen molar-refractivity contribution in [3.05, 3.63) is 63.7 Å². The third-order valence-corrected chi connectivity index (χ3v) is 4.43. The Balaban J connectivity index is 1.70. The molecule has 2 aromatic carbocycles. The molecule has 0 spiro atoms. The summed E-state index contributed by atoms with van der Waals surface area (Å²) in [5.74, 6) is -1.30. The van der Waals surface area contributed by atoms with E-state index in [0.717, 1.165) is 5.56 Å². The molecule has 2 aromatic rings. The number of non-ortho nitro benzene ring substituents is 1. The zero-order valence-corrected chi connectivity index (χ0v) is 15.9. The van der Waals surface area contributed by atoms with Crippen molar-refractivity contribution in [2.45, 2.75) is 6.92 Å². The van der Waals surface area contributed by atoms with E-state index < -0.39 is 23.4 Å². The van der Waals surface area contributed by atoms with E-state index in [0.29, 0.717) is 37.7 Å². The summed E-state index contributed by atoms with van der Waals surface area (Å²) in [7, 11) is 0. The predicted molar refractivity (Wildman–Crippen MR) is 106 cm³/mol. The van der Waals surface area contributed by atoms with Gasteiger partial charge in [0.15, 0.2) is 6.61 Å². The first-order chi connectivity index (χ1) is 13.9. The summed E-state index contributed by atoms with van der Waals surface area (Å²) >= 11 is 0. The minimum Gasteiger partial charge on any atom is -0.452 e. The first kappa shape index (κ1) is 20.3. The molecule has 0 aromatic heterocycles. The third-order valence-electron chi connectivity index (χ3n) is 4.43. The highest BCUT2D eigenvalue weighted by Gasteiger charge is 2.23. The van der Waals surface area contributed by atoms with Crippen molar-refractivity contribution < 1.29 is 24.0 Å². The van der Waals surface area contributed by atoms with Crippen LogP contribution in [0.2, 0.25) is 0 Å². The van der Waals surface area contributed by atoms with E-state index in [1.54, 1.807) is 12.1 Å². The van der Waals surface area contributed by atoms with E-state index in [1.165, 1.54) is 18.2 Å². The molecular formula is C20H21N3O6. The number of nitro groups is 1. The molecule has 0 unspecified atom stereocenters. The van der Waals surface area contributed by atoms with Gasteiger partial charge in [-0.3, -0.25) is 14.9 Å². The maximum Gasteiger partial charge on any atom is 0.341 e. The molecule has 1 aliphatic heterocycles.